The lowest BCUT2D eigenvalue weighted by atomic mass is 9.95. The Balaban J connectivity index is 1.61. The number of nitrogens with zero attached hydrogens (tertiary/aromatic N) is 5. The highest BCUT2D eigenvalue weighted by Gasteiger charge is 2.28. The summed E-state index contributed by atoms with van der Waals surface area (Å²) in [4.78, 5) is 34.2. The van der Waals surface area contributed by atoms with Gasteiger partial charge in [-0.1, -0.05) is 0 Å². The molecule has 10 nitrogen and oxygen atoms in total. The number of nitrogens with two attached hydrogens (primary N) is 1. The van der Waals surface area contributed by atoms with Crippen LogP contribution in [-0.4, -0.2) is 51.5 Å². The van der Waals surface area contributed by atoms with Crippen molar-refractivity contribution in [3.8, 4) is 0 Å². The zero-order valence-corrected chi connectivity index (χ0v) is 16.6. The molecule has 3 aromatic heterocycles. The lowest BCUT2D eigenvalue weighted by Gasteiger charge is -2.34. The fraction of sp³-hybridized carbons (Fsp3) is 0.316. The van der Waals surface area contributed by atoms with E-state index in [0.29, 0.717) is 25.9 Å². The Morgan fingerprint density at radius 2 is 1.94 bits per heavy atom. The molecular weight excluding hydrogens is 410 g/mol. The number of fused-ring (bicyclic) bond motifs is 1. The van der Waals surface area contributed by atoms with E-state index in [2.05, 4.69) is 25.7 Å². The predicted molar refractivity (Wildman–Crippen MR) is 109 cm³/mol. The van der Waals surface area contributed by atoms with Crippen LogP contribution in [0.3, 0.4) is 0 Å². The molecule has 0 unspecified atom stereocenters. The number of halogens is 2. The number of carbonyl (C=O) groups excluding carboxylic acids is 2. The molecule has 12 heteroatoms. The van der Waals surface area contributed by atoms with Crippen LogP contribution in [0, 0.1) is 17.6 Å². The van der Waals surface area contributed by atoms with Crippen molar-refractivity contribution in [3.05, 3.63) is 42.0 Å². The summed E-state index contributed by atoms with van der Waals surface area (Å²) in [5.41, 5.74) is 6.15. The van der Waals surface area contributed by atoms with Gasteiger partial charge >= 0.3 is 0 Å². The lowest BCUT2D eigenvalue weighted by molar-refractivity contribution is -0.125. The second kappa shape index (κ2) is 8.13. The first-order valence-electron chi connectivity index (χ1n) is 9.59. The average Bonchev–Trinajstić information content (AvgIpc) is 3.08. The van der Waals surface area contributed by atoms with Crippen LogP contribution in [-0.2, 0) is 4.79 Å². The molecule has 2 amide bonds. The van der Waals surface area contributed by atoms with Crippen LogP contribution in [0.2, 0.25) is 0 Å². The van der Waals surface area contributed by atoms with Crippen LogP contribution in [0.4, 0.5) is 26.0 Å². The van der Waals surface area contributed by atoms with Gasteiger partial charge in [-0.3, -0.25) is 14.6 Å². The van der Waals surface area contributed by atoms with E-state index in [4.69, 9.17) is 5.73 Å². The van der Waals surface area contributed by atoms with Gasteiger partial charge in [0.25, 0.3) is 5.91 Å². The molecule has 3 aromatic rings. The summed E-state index contributed by atoms with van der Waals surface area (Å²) in [5.74, 6) is -2.26. The molecule has 0 spiro atoms. The van der Waals surface area contributed by atoms with Gasteiger partial charge in [0.1, 0.15) is 11.3 Å². The van der Waals surface area contributed by atoms with Crippen molar-refractivity contribution in [1.82, 2.24) is 24.9 Å². The van der Waals surface area contributed by atoms with Crippen molar-refractivity contribution in [3.63, 3.8) is 0 Å². The maximum atomic E-state index is 14.7. The van der Waals surface area contributed by atoms with Gasteiger partial charge in [-0.05, 0) is 12.8 Å². The number of piperidine rings is 1. The molecule has 0 aromatic carbocycles. The third-order valence-electron chi connectivity index (χ3n) is 5.24. The van der Waals surface area contributed by atoms with Gasteiger partial charge in [-0.2, -0.15) is 0 Å². The number of nitrogens with one attached hydrogen (secondary N) is 2. The summed E-state index contributed by atoms with van der Waals surface area (Å²) in [6.45, 7) is 0.864. The van der Waals surface area contributed by atoms with E-state index in [1.54, 1.807) is 11.9 Å². The van der Waals surface area contributed by atoms with Gasteiger partial charge in [0, 0.05) is 26.1 Å². The number of rotatable bonds is 4. The second-order valence-corrected chi connectivity index (χ2v) is 7.15. The lowest BCUT2D eigenvalue weighted by Crippen LogP contribution is -2.40. The SMILES string of the molecule is CNC(=O)C1CCN(c2c(F)cncc2NC(=O)c2c(N)nn3cc(F)cnc23)CC1. The molecule has 0 bridgehead atoms. The molecule has 1 fully saturated rings. The third kappa shape index (κ3) is 3.83. The van der Waals surface area contributed by atoms with E-state index < -0.39 is 17.5 Å². The molecule has 0 aliphatic carbocycles. The van der Waals surface area contributed by atoms with E-state index in [9.17, 15) is 18.4 Å². The number of anilines is 3. The van der Waals surface area contributed by atoms with Gasteiger partial charge in [0.15, 0.2) is 23.1 Å². The Kier molecular flexibility index (Phi) is 5.36. The van der Waals surface area contributed by atoms with Gasteiger partial charge < -0.3 is 21.3 Å². The molecule has 1 aliphatic rings. The molecule has 0 atom stereocenters. The highest BCUT2D eigenvalue weighted by molar-refractivity contribution is 6.12. The Labute approximate surface area is 175 Å². The molecule has 1 aliphatic heterocycles. The Morgan fingerprint density at radius 3 is 2.65 bits per heavy atom. The van der Waals surface area contributed by atoms with Crippen molar-refractivity contribution in [2.45, 2.75) is 12.8 Å². The Hall–Kier alpha value is -3.83. The van der Waals surface area contributed by atoms with Gasteiger partial charge in [-0.25, -0.2) is 18.3 Å². The minimum Gasteiger partial charge on any atom is -0.381 e. The van der Waals surface area contributed by atoms with E-state index in [0.717, 1.165) is 23.1 Å². The largest absolute Gasteiger partial charge is 0.381 e. The van der Waals surface area contributed by atoms with Gasteiger partial charge in [0.2, 0.25) is 5.91 Å². The van der Waals surface area contributed by atoms with E-state index in [1.165, 1.54) is 6.20 Å². The topological polar surface area (TPSA) is 131 Å². The minimum atomic E-state index is -0.680. The first-order valence-corrected chi connectivity index (χ1v) is 9.59. The summed E-state index contributed by atoms with van der Waals surface area (Å²) in [6.07, 6.45) is 5.47. The summed E-state index contributed by atoms with van der Waals surface area (Å²) in [7, 11) is 1.58. The summed E-state index contributed by atoms with van der Waals surface area (Å²) in [6, 6.07) is 0. The van der Waals surface area contributed by atoms with Crippen molar-refractivity contribution in [2.75, 3.05) is 36.1 Å². The molecule has 31 heavy (non-hydrogen) atoms. The molecule has 4 rings (SSSR count). The number of amides is 2. The fourth-order valence-corrected chi connectivity index (χ4v) is 3.74. The molecule has 162 valence electrons. The number of hydrogen-bond donors (Lipinski definition) is 3. The monoisotopic (exact) mass is 430 g/mol. The normalized spacial score (nSPS) is 14.6. The highest BCUT2D eigenvalue weighted by Crippen LogP contribution is 2.32. The van der Waals surface area contributed by atoms with Crippen LogP contribution in [0.15, 0.2) is 24.8 Å². The van der Waals surface area contributed by atoms with Gasteiger partial charge in [0.05, 0.1) is 30.5 Å². The van der Waals surface area contributed by atoms with Crippen LogP contribution in [0.1, 0.15) is 23.2 Å². The standard InChI is InChI=1S/C19H20F2N8O2/c1-23-18(30)10-2-4-28(5-3-10)15-12(21)7-24-8-13(15)26-19(31)14-16(22)27-29-9-11(20)6-25-17(14)29/h6-10H,2-5H2,1H3,(H2,22,27)(H,23,30)(H,26,31). The third-order valence-corrected chi connectivity index (χ3v) is 5.24. The first-order chi connectivity index (χ1) is 14.9. The van der Waals surface area contributed by atoms with E-state index in [1.807, 2.05) is 0 Å². The smallest absolute Gasteiger partial charge is 0.263 e. The second-order valence-electron chi connectivity index (χ2n) is 7.15. The average molecular weight is 430 g/mol. The summed E-state index contributed by atoms with van der Waals surface area (Å²) in [5, 5.41) is 9.14. The van der Waals surface area contributed by atoms with Crippen LogP contribution in [0.5, 0.6) is 0 Å². The first kappa shape index (κ1) is 20.4. The molecular formula is C19H20F2N8O2. The maximum Gasteiger partial charge on any atom is 0.263 e. The Bertz CT molecular complexity index is 1160. The van der Waals surface area contributed by atoms with Crippen molar-refractivity contribution in [1.29, 1.82) is 0 Å². The van der Waals surface area contributed by atoms with E-state index in [-0.39, 0.29) is 40.2 Å². The van der Waals surface area contributed by atoms with Crippen LogP contribution >= 0.6 is 0 Å². The molecule has 0 radical (unpaired) electrons. The minimum absolute atomic E-state index is 0.0455. The number of carbonyl (C=O) groups is 2. The number of pyridine rings is 1. The predicted octanol–water partition coefficient (Wildman–Crippen LogP) is 1.20. The quantitative estimate of drug-likeness (QED) is 0.567. The van der Waals surface area contributed by atoms with Crippen LogP contribution in [0.25, 0.3) is 5.65 Å². The summed E-state index contributed by atoms with van der Waals surface area (Å²) >= 11 is 0. The highest BCUT2D eigenvalue weighted by atomic mass is 19.1. The molecule has 0 saturated carbocycles. The van der Waals surface area contributed by atoms with Crippen LogP contribution < -0.4 is 21.3 Å². The molecule has 1 saturated heterocycles. The summed E-state index contributed by atoms with van der Waals surface area (Å²) < 4.78 is 29.1. The molecule has 4 N–H and O–H groups in total. The zero-order chi connectivity index (χ0) is 22.1. The zero-order valence-electron chi connectivity index (χ0n) is 16.6. The maximum absolute atomic E-state index is 14.7. The van der Waals surface area contributed by atoms with E-state index >= 15 is 0 Å². The van der Waals surface area contributed by atoms with Crippen molar-refractivity contribution in [2.24, 2.45) is 5.92 Å². The number of hydrogen-bond acceptors (Lipinski definition) is 7. The number of nitrogen functional groups attached to an aromatic ring is 1. The Morgan fingerprint density at radius 1 is 1.19 bits per heavy atom. The number of aromatic nitrogens is 4. The fourth-order valence-electron chi connectivity index (χ4n) is 3.74. The van der Waals surface area contributed by atoms with Crippen molar-refractivity contribution < 1.29 is 18.4 Å². The molecule has 4 heterocycles. The van der Waals surface area contributed by atoms with Gasteiger partial charge in [-0.15, -0.1) is 5.10 Å². The van der Waals surface area contributed by atoms with Crippen molar-refractivity contribution >= 4 is 34.7 Å².